The van der Waals surface area contributed by atoms with E-state index in [0.717, 1.165) is 21.2 Å². The van der Waals surface area contributed by atoms with Gasteiger partial charge in [-0.05, 0) is 48.5 Å². The molecule has 0 saturated heterocycles. The molecule has 1 aromatic heterocycles. The third-order valence-corrected chi connectivity index (χ3v) is 5.24. The van der Waals surface area contributed by atoms with Crippen molar-refractivity contribution in [3.05, 3.63) is 59.6 Å². The van der Waals surface area contributed by atoms with Gasteiger partial charge in [-0.3, -0.25) is 0 Å². The molecule has 0 amide bonds. The van der Waals surface area contributed by atoms with Crippen molar-refractivity contribution in [1.82, 2.24) is 9.97 Å². The Morgan fingerprint density at radius 1 is 0.966 bits per heavy atom. The molecule has 0 fully saturated rings. The van der Waals surface area contributed by atoms with Crippen LogP contribution < -0.4 is 10.1 Å². The van der Waals surface area contributed by atoms with Gasteiger partial charge in [0.2, 0.25) is 0 Å². The lowest BCUT2D eigenvalue weighted by Gasteiger charge is -2.15. The molecule has 8 heteroatoms. The summed E-state index contributed by atoms with van der Waals surface area (Å²) in [5.74, 6) is 2.10. The lowest BCUT2D eigenvalue weighted by Crippen LogP contribution is -2.24. The first kappa shape index (κ1) is 21.4. The molecule has 6 nitrogen and oxygen atoms in total. The van der Waals surface area contributed by atoms with Crippen molar-refractivity contribution in [2.45, 2.75) is 16.2 Å². The number of hydrogen-bond acceptors (Lipinski definition) is 7. The highest BCUT2D eigenvalue weighted by Crippen LogP contribution is 2.31. The Morgan fingerprint density at radius 2 is 1.66 bits per heavy atom. The van der Waals surface area contributed by atoms with Crippen molar-refractivity contribution in [2.75, 3.05) is 33.2 Å². The lowest BCUT2D eigenvalue weighted by atomic mass is 10.2. The molecule has 0 unspecified atom stereocenters. The Labute approximate surface area is 179 Å². The molecule has 0 aliphatic rings. The Balaban J connectivity index is 1.89. The van der Waals surface area contributed by atoms with E-state index in [0.29, 0.717) is 23.2 Å². The maximum absolute atomic E-state index is 6.01. The van der Waals surface area contributed by atoms with Crippen LogP contribution in [0.1, 0.15) is 0 Å². The maximum atomic E-state index is 6.01. The average molecular weight is 432 g/mol. The monoisotopic (exact) mass is 431 g/mol. The first-order valence-corrected chi connectivity index (χ1v) is 10.1. The Hall–Kier alpha value is -2.32. The number of aromatic nitrogens is 2. The minimum Gasteiger partial charge on any atom is -0.497 e. The summed E-state index contributed by atoms with van der Waals surface area (Å²) in [6.45, 7) is 0.455. The first-order chi connectivity index (χ1) is 14.1. The Bertz CT molecular complexity index is 919. The fraction of sp³-hybridized carbons (Fsp3) is 0.238. The van der Waals surface area contributed by atoms with Crippen LogP contribution in [0.4, 0.5) is 5.82 Å². The van der Waals surface area contributed by atoms with Crippen LogP contribution in [0, 0.1) is 0 Å². The molecule has 29 heavy (non-hydrogen) atoms. The molecule has 0 atom stereocenters. The van der Waals surface area contributed by atoms with Gasteiger partial charge in [0, 0.05) is 35.8 Å². The molecule has 1 heterocycles. The summed E-state index contributed by atoms with van der Waals surface area (Å²) < 4.78 is 15.7. The summed E-state index contributed by atoms with van der Waals surface area (Å²) in [5, 5.41) is 4.73. The number of halogens is 1. The maximum Gasteiger partial charge on any atom is 0.173 e. The molecule has 0 radical (unpaired) electrons. The number of rotatable bonds is 9. The molecule has 0 aliphatic heterocycles. The fourth-order valence-electron chi connectivity index (χ4n) is 2.51. The highest BCUT2D eigenvalue weighted by atomic mass is 35.5. The van der Waals surface area contributed by atoms with E-state index in [9.17, 15) is 0 Å². The summed E-state index contributed by atoms with van der Waals surface area (Å²) in [5.41, 5.74) is 0.879. The van der Waals surface area contributed by atoms with Crippen LogP contribution >= 0.6 is 23.4 Å². The average Bonchev–Trinajstić information content (AvgIpc) is 2.75. The largest absolute Gasteiger partial charge is 0.497 e. The summed E-state index contributed by atoms with van der Waals surface area (Å²) >= 11 is 7.56. The Kier molecular flexibility index (Phi) is 7.71. The van der Waals surface area contributed by atoms with E-state index in [4.69, 9.17) is 30.8 Å². The fourth-order valence-corrected chi connectivity index (χ4v) is 3.45. The number of nitrogens with zero attached hydrogens (tertiary/aromatic N) is 2. The number of benzene rings is 2. The molecule has 1 N–H and O–H groups in total. The summed E-state index contributed by atoms with van der Waals surface area (Å²) in [4.78, 5) is 10.4. The van der Waals surface area contributed by atoms with Gasteiger partial charge in [0.25, 0.3) is 0 Å². The third kappa shape index (κ3) is 6.08. The van der Waals surface area contributed by atoms with Crippen molar-refractivity contribution < 1.29 is 14.2 Å². The highest BCUT2D eigenvalue weighted by molar-refractivity contribution is 7.99. The number of anilines is 1. The van der Waals surface area contributed by atoms with Gasteiger partial charge in [0.1, 0.15) is 16.6 Å². The predicted molar refractivity (Wildman–Crippen MR) is 116 cm³/mol. The van der Waals surface area contributed by atoms with Crippen molar-refractivity contribution in [1.29, 1.82) is 0 Å². The topological polar surface area (TPSA) is 65.5 Å². The van der Waals surface area contributed by atoms with Crippen molar-refractivity contribution in [2.24, 2.45) is 0 Å². The summed E-state index contributed by atoms with van der Waals surface area (Å²) in [6.07, 6.45) is -0.373. The van der Waals surface area contributed by atoms with E-state index in [1.807, 2.05) is 54.6 Å². The summed E-state index contributed by atoms with van der Waals surface area (Å²) in [7, 11) is 4.84. The van der Waals surface area contributed by atoms with Crippen LogP contribution in [0.2, 0.25) is 5.02 Å². The molecule has 0 bridgehead atoms. The van der Waals surface area contributed by atoms with Crippen LogP contribution in [0.5, 0.6) is 5.75 Å². The van der Waals surface area contributed by atoms with E-state index < -0.39 is 0 Å². The standard InChI is InChI=1S/C21H22ClN3O3S/c1-26-16-8-10-17(11-9-16)29-19-12-18(23-13-20(27-2)28-3)24-21(25-19)14-4-6-15(22)7-5-14/h4-12,20H,13H2,1-3H3,(H,23,24,25). The zero-order valence-electron chi connectivity index (χ0n) is 16.4. The van der Waals surface area contributed by atoms with Gasteiger partial charge in [0.05, 0.1) is 13.7 Å². The minimum atomic E-state index is -0.373. The molecule has 3 rings (SSSR count). The quantitative estimate of drug-likeness (QED) is 0.378. The van der Waals surface area contributed by atoms with E-state index in [2.05, 4.69) is 10.3 Å². The van der Waals surface area contributed by atoms with E-state index >= 15 is 0 Å². The minimum absolute atomic E-state index is 0.373. The SMILES string of the molecule is COc1ccc(Sc2cc(NCC(OC)OC)nc(-c3ccc(Cl)cc3)n2)cc1. The lowest BCUT2D eigenvalue weighted by molar-refractivity contribution is -0.0914. The van der Waals surface area contributed by atoms with Crippen molar-refractivity contribution >= 4 is 29.2 Å². The van der Waals surface area contributed by atoms with Gasteiger partial charge in [-0.2, -0.15) is 0 Å². The molecular weight excluding hydrogens is 410 g/mol. The number of ether oxygens (including phenoxy) is 3. The van der Waals surface area contributed by atoms with Gasteiger partial charge >= 0.3 is 0 Å². The van der Waals surface area contributed by atoms with Gasteiger partial charge < -0.3 is 19.5 Å². The van der Waals surface area contributed by atoms with Crippen LogP contribution in [0.15, 0.2) is 64.5 Å². The van der Waals surface area contributed by atoms with Gasteiger partial charge in [-0.25, -0.2) is 9.97 Å². The number of nitrogens with one attached hydrogen (secondary N) is 1. The third-order valence-electron chi connectivity index (χ3n) is 4.06. The van der Waals surface area contributed by atoms with Crippen molar-refractivity contribution in [3.8, 4) is 17.1 Å². The second-order valence-corrected chi connectivity index (χ2v) is 7.51. The zero-order valence-corrected chi connectivity index (χ0v) is 18.0. The first-order valence-electron chi connectivity index (χ1n) is 8.87. The van der Waals surface area contributed by atoms with Gasteiger partial charge in [0.15, 0.2) is 12.1 Å². The molecule has 0 spiro atoms. The predicted octanol–water partition coefficient (Wildman–Crippen LogP) is 4.99. The van der Waals surface area contributed by atoms with E-state index in [-0.39, 0.29) is 6.29 Å². The molecule has 152 valence electrons. The molecule has 0 saturated carbocycles. The Morgan fingerprint density at radius 3 is 2.28 bits per heavy atom. The molecular formula is C21H22ClN3O3S. The van der Waals surface area contributed by atoms with Crippen molar-refractivity contribution in [3.63, 3.8) is 0 Å². The molecule has 0 aliphatic carbocycles. The molecule has 2 aromatic carbocycles. The smallest absolute Gasteiger partial charge is 0.173 e. The van der Waals surface area contributed by atoms with Crippen LogP contribution in [0.25, 0.3) is 11.4 Å². The highest BCUT2D eigenvalue weighted by Gasteiger charge is 2.11. The zero-order chi connectivity index (χ0) is 20.6. The van der Waals surface area contributed by atoms with Crippen LogP contribution in [0.3, 0.4) is 0 Å². The van der Waals surface area contributed by atoms with Crippen LogP contribution in [-0.4, -0.2) is 44.1 Å². The molecule has 3 aromatic rings. The number of methoxy groups -OCH3 is 3. The second kappa shape index (κ2) is 10.5. The van der Waals surface area contributed by atoms with Crippen LogP contribution in [-0.2, 0) is 9.47 Å². The van der Waals surface area contributed by atoms with Gasteiger partial charge in [-0.15, -0.1) is 0 Å². The second-order valence-electron chi connectivity index (χ2n) is 5.98. The number of hydrogen-bond donors (Lipinski definition) is 1. The normalized spacial score (nSPS) is 10.9. The van der Waals surface area contributed by atoms with Gasteiger partial charge in [-0.1, -0.05) is 23.4 Å². The summed E-state index contributed by atoms with van der Waals surface area (Å²) in [6, 6.07) is 17.2. The van der Waals surface area contributed by atoms with E-state index in [1.165, 1.54) is 0 Å². The van der Waals surface area contributed by atoms with E-state index in [1.54, 1.807) is 33.1 Å².